The number of nitrogen functional groups attached to an aromatic ring is 1. The summed E-state index contributed by atoms with van der Waals surface area (Å²) in [6, 6.07) is 3.73. The summed E-state index contributed by atoms with van der Waals surface area (Å²) in [6.45, 7) is 3.44. The number of rotatable bonds is 6. The first-order valence-corrected chi connectivity index (χ1v) is 6.19. The number of anilines is 2. The molecule has 0 aliphatic heterocycles. The third kappa shape index (κ3) is 3.86. The maximum atomic E-state index is 11.7. The fourth-order valence-electron chi connectivity index (χ4n) is 1.85. The number of nitrogens with two attached hydrogens (primary N) is 1. The molecule has 1 aromatic rings. The zero-order valence-electron chi connectivity index (χ0n) is 12.0. The molecule has 5 heteroatoms. The molecule has 0 unspecified atom stereocenters. The third-order valence-electron chi connectivity index (χ3n) is 3.06. The van der Waals surface area contributed by atoms with Gasteiger partial charge in [-0.2, -0.15) is 0 Å². The van der Waals surface area contributed by atoms with E-state index in [1.807, 2.05) is 20.0 Å². The molecule has 2 N–H and O–H groups in total. The standard InChI is InChI=1S/C14H22N2O3/c1-10-8-11(16(2)6-5-7-18-3)9-12(13(10)15)14(17)19-4/h8-9H,5-7,15H2,1-4H3. The molecular formula is C14H22N2O3. The molecule has 0 saturated heterocycles. The van der Waals surface area contributed by atoms with E-state index in [-0.39, 0.29) is 0 Å². The number of esters is 1. The molecule has 0 radical (unpaired) electrons. The van der Waals surface area contributed by atoms with E-state index in [0.717, 1.165) is 24.2 Å². The van der Waals surface area contributed by atoms with Crippen molar-refractivity contribution in [2.45, 2.75) is 13.3 Å². The SMILES string of the molecule is COCCCN(C)c1cc(C)c(N)c(C(=O)OC)c1. The number of carbonyl (C=O) groups excluding carboxylic acids is 1. The molecule has 0 spiro atoms. The van der Waals surface area contributed by atoms with Crippen LogP contribution in [0, 0.1) is 6.92 Å². The topological polar surface area (TPSA) is 64.8 Å². The van der Waals surface area contributed by atoms with Gasteiger partial charge in [0.25, 0.3) is 0 Å². The monoisotopic (exact) mass is 266 g/mol. The van der Waals surface area contributed by atoms with Gasteiger partial charge in [0.1, 0.15) is 0 Å². The van der Waals surface area contributed by atoms with E-state index >= 15 is 0 Å². The smallest absolute Gasteiger partial charge is 0.340 e. The maximum absolute atomic E-state index is 11.7. The van der Waals surface area contributed by atoms with E-state index in [4.69, 9.17) is 15.2 Å². The third-order valence-corrected chi connectivity index (χ3v) is 3.06. The number of carbonyl (C=O) groups is 1. The Labute approximate surface area is 114 Å². The highest BCUT2D eigenvalue weighted by Gasteiger charge is 2.14. The van der Waals surface area contributed by atoms with Crippen LogP contribution >= 0.6 is 0 Å². The fraction of sp³-hybridized carbons (Fsp3) is 0.500. The molecule has 0 amide bonds. The Kier molecular flexibility index (Phi) is 5.63. The summed E-state index contributed by atoms with van der Waals surface area (Å²) in [4.78, 5) is 13.7. The molecular weight excluding hydrogens is 244 g/mol. The first-order valence-electron chi connectivity index (χ1n) is 6.19. The maximum Gasteiger partial charge on any atom is 0.340 e. The first-order chi connectivity index (χ1) is 9.01. The second-order valence-corrected chi connectivity index (χ2v) is 4.48. The second-order valence-electron chi connectivity index (χ2n) is 4.48. The van der Waals surface area contributed by atoms with E-state index in [1.165, 1.54) is 7.11 Å². The second kappa shape index (κ2) is 6.99. The van der Waals surface area contributed by atoms with E-state index in [9.17, 15) is 4.79 Å². The highest BCUT2D eigenvalue weighted by molar-refractivity contribution is 5.97. The van der Waals surface area contributed by atoms with Gasteiger partial charge in [-0.3, -0.25) is 0 Å². The minimum absolute atomic E-state index is 0.409. The van der Waals surface area contributed by atoms with Gasteiger partial charge in [0.2, 0.25) is 0 Å². The predicted molar refractivity (Wildman–Crippen MR) is 76.7 cm³/mol. The van der Waals surface area contributed by atoms with E-state index in [0.29, 0.717) is 17.9 Å². The van der Waals surface area contributed by atoms with E-state index < -0.39 is 5.97 Å². The van der Waals surface area contributed by atoms with Crippen molar-refractivity contribution in [3.8, 4) is 0 Å². The van der Waals surface area contributed by atoms with Crippen molar-refractivity contribution < 1.29 is 14.3 Å². The quantitative estimate of drug-likeness (QED) is 0.483. The van der Waals surface area contributed by atoms with Crippen LogP contribution in [0.3, 0.4) is 0 Å². The van der Waals surface area contributed by atoms with Crippen molar-refractivity contribution in [2.24, 2.45) is 0 Å². The van der Waals surface area contributed by atoms with Crippen LogP contribution in [0.5, 0.6) is 0 Å². The van der Waals surface area contributed by atoms with Crippen LogP contribution in [0.4, 0.5) is 11.4 Å². The van der Waals surface area contributed by atoms with E-state index in [1.54, 1.807) is 13.2 Å². The highest BCUT2D eigenvalue weighted by Crippen LogP contribution is 2.25. The van der Waals surface area contributed by atoms with Crippen molar-refractivity contribution in [2.75, 3.05) is 45.1 Å². The Balaban J connectivity index is 2.96. The van der Waals surface area contributed by atoms with Gasteiger partial charge in [-0.05, 0) is 31.0 Å². The molecule has 1 rings (SSSR count). The molecule has 0 fully saturated rings. The van der Waals surface area contributed by atoms with Crippen LogP contribution in [0.25, 0.3) is 0 Å². The van der Waals surface area contributed by atoms with Crippen molar-refractivity contribution in [1.29, 1.82) is 0 Å². The Morgan fingerprint density at radius 2 is 2.05 bits per heavy atom. The zero-order chi connectivity index (χ0) is 14.4. The summed E-state index contributed by atoms with van der Waals surface area (Å²) >= 11 is 0. The lowest BCUT2D eigenvalue weighted by Crippen LogP contribution is -2.21. The summed E-state index contributed by atoms with van der Waals surface area (Å²) in [5.74, 6) is -0.409. The lowest BCUT2D eigenvalue weighted by Gasteiger charge is -2.21. The van der Waals surface area contributed by atoms with Gasteiger partial charge in [-0.1, -0.05) is 0 Å². The summed E-state index contributed by atoms with van der Waals surface area (Å²) in [6.07, 6.45) is 0.921. The number of methoxy groups -OCH3 is 2. The van der Waals surface area contributed by atoms with Crippen LogP contribution in [0.2, 0.25) is 0 Å². The molecule has 0 aliphatic carbocycles. The van der Waals surface area contributed by atoms with Gasteiger partial charge in [0, 0.05) is 38.7 Å². The predicted octanol–water partition coefficient (Wildman–Crippen LogP) is 1.84. The summed E-state index contributed by atoms with van der Waals surface area (Å²) in [5.41, 5.74) is 8.62. The summed E-state index contributed by atoms with van der Waals surface area (Å²) in [5, 5.41) is 0. The minimum atomic E-state index is -0.409. The Hall–Kier alpha value is -1.75. The first kappa shape index (κ1) is 15.3. The largest absolute Gasteiger partial charge is 0.465 e. The van der Waals surface area contributed by atoms with Gasteiger partial charge in [-0.15, -0.1) is 0 Å². The molecule has 0 atom stereocenters. The average Bonchev–Trinajstić information content (AvgIpc) is 2.40. The summed E-state index contributed by atoms with van der Waals surface area (Å²) < 4.78 is 9.78. The fourth-order valence-corrected chi connectivity index (χ4v) is 1.85. The van der Waals surface area contributed by atoms with Gasteiger partial charge in [0.15, 0.2) is 0 Å². The van der Waals surface area contributed by atoms with Gasteiger partial charge in [0.05, 0.1) is 12.7 Å². The van der Waals surface area contributed by atoms with Crippen molar-refractivity contribution in [3.05, 3.63) is 23.3 Å². The summed E-state index contributed by atoms with van der Waals surface area (Å²) in [7, 11) is 5.01. The molecule has 0 aliphatic rings. The van der Waals surface area contributed by atoms with E-state index in [2.05, 4.69) is 4.90 Å². The van der Waals surface area contributed by atoms with Gasteiger partial charge in [-0.25, -0.2) is 4.79 Å². The van der Waals surface area contributed by atoms with Crippen molar-refractivity contribution in [1.82, 2.24) is 0 Å². The normalized spacial score (nSPS) is 10.3. The molecule has 19 heavy (non-hydrogen) atoms. The zero-order valence-corrected chi connectivity index (χ0v) is 12.0. The molecule has 106 valence electrons. The molecule has 0 heterocycles. The number of benzene rings is 1. The molecule has 0 saturated carbocycles. The molecule has 1 aromatic carbocycles. The van der Waals surface area contributed by atoms with Crippen LogP contribution in [0.1, 0.15) is 22.3 Å². The highest BCUT2D eigenvalue weighted by atomic mass is 16.5. The van der Waals surface area contributed by atoms with Gasteiger partial charge < -0.3 is 20.1 Å². The Morgan fingerprint density at radius 3 is 2.63 bits per heavy atom. The number of aryl methyl sites for hydroxylation is 1. The Bertz CT molecular complexity index is 447. The van der Waals surface area contributed by atoms with Crippen LogP contribution in [-0.2, 0) is 9.47 Å². The van der Waals surface area contributed by atoms with Crippen molar-refractivity contribution in [3.63, 3.8) is 0 Å². The Morgan fingerprint density at radius 1 is 1.37 bits per heavy atom. The van der Waals surface area contributed by atoms with Gasteiger partial charge >= 0.3 is 5.97 Å². The van der Waals surface area contributed by atoms with Crippen molar-refractivity contribution >= 4 is 17.3 Å². The molecule has 0 aromatic heterocycles. The number of hydrogen-bond donors (Lipinski definition) is 1. The lowest BCUT2D eigenvalue weighted by atomic mass is 10.1. The average molecular weight is 266 g/mol. The lowest BCUT2D eigenvalue weighted by molar-refractivity contribution is 0.0602. The van der Waals surface area contributed by atoms with Crippen LogP contribution in [0.15, 0.2) is 12.1 Å². The number of nitrogens with zero attached hydrogens (tertiary/aromatic N) is 1. The molecule has 5 nitrogen and oxygen atoms in total. The minimum Gasteiger partial charge on any atom is -0.465 e. The van der Waals surface area contributed by atoms with Crippen LogP contribution < -0.4 is 10.6 Å². The number of ether oxygens (including phenoxy) is 2. The number of hydrogen-bond acceptors (Lipinski definition) is 5. The molecule has 0 bridgehead atoms. The van der Waals surface area contributed by atoms with Crippen LogP contribution in [-0.4, -0.2) is 40.4 Å².